The highest BCUT2D eigenvalue weighted by atomic mass is 19.1. The fourth-order valence-electron chi connectivity index (χ4n) is 5.86. The normalized spacial score (nSPS) is 31.9. The summed E-state index contributed by atoms with van der Waals surface area (Å²) in [6.45, 7) is 5.09. The molecule has 7 rings (SSSR count). The van der Waals surface area contributed by atoms with Crippen LogP contribution in [0.4, 0.5) is 14.7 Å². The lowest BCUT2D eigenvalue weighted by Gasteiger charge is -2.47. The van der Waals surface area contributed by atoms with E-state index in [0.29, 0.717) is 19.0 Å². The molecule has 32 heavy (non-hydrogen) atoms. The van der Waals surface area contributed by atoms with Crippen LogP contribution in [0.2, 0.25) is 0 Å². The number of ether oxygens (including phenoxy) is 1. The van der Waals surface area contributed by atoms with Gasteiger partial charge >= 0.3 is 0 Å². The standard InChI is InChI=1S/C22H24F2N6O2/c1-11-3-4-12(7-29(11)19(31)22-8-21(2,9-22)32-10-22)17-27-18-14-5-13(23)6-15(24)16(14)26-20(25)30(18)28-17/h5-6,11-12H,3-4,7-10H2,1-2H3,(H2,25,26)/t11-,12+,21?,22?/m0/s1. The lowest BCUT2D eigenvalue weighted by Crippen LogP contribution is -2.56. The van der Waals surface area contributed by atoms with Crippen LogP contribution in [0.3, 0.4) is 0 Å². The molecule has 0 radical (unpaired) electrons. The van der Waals surface area contributed by atoms with Crippen molar-refractivity contribution in [2.24, 2.45) is 5.41 Å². The van der Waals surface area contributed by atoms with E-state index in [2.05, 4.69) is 28.9 Å². The van der Waals surface area contributed by atoms with Gasteiger partial charge in [-0.15, -0.1) is 5.10 Å². The number of amides is 1. The Morgan fingerprint density at radius 1 is 1.25 bits per heavy atom. The van der Waals surface area contributed by atoms with Crippen LogP contribution in [-0.4, -0.2) is 55.2 Å². The second-order valence-electron chi connectivity index (χ2n) is 9.91. The van der Waals surface area contributed by atoms with Crippen molar-refractivity contribution in [2.45, 2.75) is 57.1 Å². The molecule has 2 N–H and O–H groups in total. The molecule has 8 nitrogen and oxygen atoms in total. The van der Waals surface area contributed by atoms with Crippen LogP contribution in [0.5, 0.6) is 0 Å². The Balaban J connectivity index is 1.35. The SMILES string of the molecule is C[C@H]1CC[C@@H](c2nc3c4cc(F)cc(F)c4nc(N)n3n2)CN1C(=O)C12COC(C)(C1)C2. The number of fused-ring (bicyclic) bond motifs is 4. The van der Waals surface area contributed by atoms with E-state index in [4.69, 9.17) is 10.5 Å². The van der Waals surface area contributed by atoms with Gasteiger partial charge in [0.2, 0.25) is 11.9 Å². The predicted molar refractivity (Wildman–Crippen MR) is 112 cm³/mol. The van der Waals surface area contributed by atoms with Crippen molar-refractivity contribution in [3.8, 4) is 0 Å². The van der Waals surface area contributed by atoms with Crippen molar-refractivity contribution in [1.29, 1.82) is 0 Å². The third-order valence-corrected chi connectivity index (χ3v) is 7.42. The fraction of sp³-hybridized carbons (Fsp3) is 0.545. The first-order chi connectivity index (χ1) is 15.2. The number of carbonyl (C=O) groups is 1. The third-order valence-electron chi connectivity index (χ3n) is 7.42. The minimum absolute atomic E-state index is 0.0235. The second kappa shape index (κ2) is 6.34. The molecule has 1 amide bonds. The van der Waals surface area contributed by atoms with Crippen LogP contribution in [-0.2, 0) is 9.53 Å². The first-order valence-electron chi connectivity index (χ1n) is 10.9. The number of halogens is 2. The monoisotopic (exact) mass is 442 g/mol. The quantitative estimate of drug-likeness (QED) is 0.655. The zero-order chi connectivity index (χ0) is 22.4. The third kappa shape index (κ3) is 2.68. The maximum Gasteiger partial charge on any atom is 0.231 e. The van der Waals surface area contributed by atoms with E-state index in [1.165, 1.54) is 10.6 Å². The van der Waals surface area contributed by atoms with Crippen LogP contribution in [0.15, 0.2) is 12.1 Å². The van der Waals surface area contributed by atoms with E-state index >= 15 is 0 Å². The Morgan fingerprint density at radius 2 is 2.03 bits per heavy atom. The lowest BCUT2D eigenvalue weighted by atomic mass is 9.62. The minimum atomic E-state index is -0.799. The summed E-state index contributed by atoms with van der Waals surface area (Å²) in [6.07, 6.45) is 3.16. The van der Waals surface area contributed by atoms with Crippen LogP contribution < -0.4 is 5.73 Å². The summed E-state index contributed by atoms with van der Waals surface area (Å²) in [7, 11) is 0. The average Bonchev–Trinajstić information content (AvgIpc) is 3.41. The molecule has 168 valence electrons. The first kappa shape index (κ1) is 19.8. The maximum absolute atomic E-state index is 14.2. The van der Waals surface area contributed by atoms with Gasteiger partial charge in [-0.05, 0) is 45.6 Å². The van der Waals surface area contributed by atoms with Crippen LogP contribution in [0.1, 0.15) is 51.3 Å². The highest BCUT2D eigenvalue weighted by Crippen LogP contribution is 2.58. The predicted octanol–water partition coefficient (Wildman–Crippen LogP) is 2.80. The Labute approximate surface area is 182 Å². The molecule has 2 bridgehead atoms. The lowest BCUT2D eigenvalue weighted by molar-refractivity contribution is -0.150. The summed E-state index contributed by atoms with van der Waals surface area (Å²) in [4.78, 5) is 24.0. The fourth-order valence-corrected chi connectivity index (χ4v) is 5.86. The molecule has 2 aromatic heterocycles. The number of anilines is 1. The number of nitrogens with two attached hydrogens (primary N) is 1. The molecular formula is C22H24F2N6O2. The number of hydrogen-bond donors (Lipinski definition) is 1. The van der Waals surface area contributed by atoms with Crippen LogP contribution >= 0.6 is 0 Å². The number of likely N-dealkylation sites (tertiary alicyclic amines) is 1. The average molecular weight is 442 g/mol. The topological polar surface area (TPSA) is 98.6 Å². The molecule has 10 heteroatoms. The highest BCUT2D eigenvalue weighted by Gasteiger charge is 2.65. The maximum atomic E-state index is 14.2. The number of carbonyl (C=O) groups excluding carboxylic acids is 1. The number of nitrogens with zero attached hydrogens (tertiary/aromatic N) is 5. The molecule has 1 saturated carbocycles. The van der Waals surface area contributed by atoms with E-state index in [9.17, 15) is 13.6 Å². The summed E-state index contributed by atoms with van der Waals surface area (Å²) >= 11 is 0. The number of aromatic nitrogens is 4. The van der Waals surface area contributed by atoms with Crippen LogP contribution in [0.25, 0.3) is 16.6 Å². The molecule has 1 aliphatic carbocycles. The molecule has 3 aromatic rings. The summed E-state index contributed by atoms with van der Waals surface area (Å²) in [5, 5.41) is 4.72. The van der Waals surface area contributed by atoms with Crippen molar-refractivity contribution < 1.29 is 18.3 Å². The van der Waals surface area contributed by atoms with E-state index in [1.54, 1.807) is 0 Å². The smallest absolute Gasteiger partial charge is 0.231 e. The Bertz CT molecular complexity index is 1280. The summed E-state index contributed by atoms with van der Waals surface area (Å²) in [6, 6.07) is 2.07. The number of rotatable bonds is 2. The molecule has 3 aliphatic heterocycles. The van der Waals surface area contributed by atoms with Crippen molar-refractivity contribution in [3.05, 3.63) is 29.6 Å². The summed E-state index contributed by atoms with van der Waals surface area (Å²) < 4.78 is 35.3. The van der Waals surface area contributed by atoms with Gasteiger partial charge in [0.1, 0.15) is 11.3 Å². The molecule has 0 unspecified atom stereocenters. The van der Waals surface area contributed by atoms with Crippen LogP contribution in [0, 0.1) is 17.0 Å². The zero-order valence-electron chi connectivity index (χ0n) is 17.9. The van der Waals surface area contributed by atoms with E-state index in [1.807, 2.05) is 4.90 Å². The Kier molecular flexibility index (Phi) is 3.92. The van der Waals surface area contributed by atoms with Gasteiger partial charge in [-0.25, -0.2) is 18.7 Å². The van der Waals surface area contributed by atoms with Crippen molar-refractivity contribution >= 4 is 28.4 Å². The summed E-state index contributed by atoms with van der Waals surface area (Å²) in [5.41, 5.74) is 5.65. The van der Waals surface area contributed by atoms with Gasteiger partial charge in [-0.1, -0.05) is 0 Å². The van der Waals surface area contributed by atoms with Gasteiger partial charge in [0.25, 0.3) is 0 Å². The number of piperidine rings is 1. The van der Waals surface area contributed by atoms with Gasteiger partial charge in [-0.2, -0.15) is 4.52 Å². The highest BCUT2D eigenvalue weighted by molar-refractivity contribution is 5.92. The number of benzene rings is 1. The van der Waals surface area contributed by atoms with Gasteiger partial charge in [-0.3, -0.25) is 4.79 Å². The summed E-state index contributed by atoms with van der Waals surface area (Å²) in [5.74, 6) is -1.00. The molecule has 5 heterocycles. The molecule has 4 aliphatic rings. The molecule has 1 aromatic carbocycles. The Hall–Kier alpha value is -2.88. The van der Waals surface area contributed by atoms with E-state index < -0.39 is 17.0 Å². The second-order valence-corrected chi connectivity index (χ2v) is 9.91. The Morgan fingerprint density at radius 3 is 2.75 bits per heavy atom. The minimum Gasteiger partial charge on any atom is -0.374 e. The molecule has 2 atom stereocenters. The van der Waals surface area contributed by atoms with Crippen molar-refractivity contribution in [1.82, 2.24) is 24.5 Å². The first-order valence-corrected chi connectivity index (χ1v) is 10.9. The van der Waals surface area contributed by atoms with Gasteiger partial charge in [0, 0.05) is 24.6 Å². The zero-order valence-corrected chi connectivity index (χ0v) is 17.9. The van der Waals surface area contributed by atoms with Gasteiger partial charge in [0.15, 0.2) is 17.3 Å². The molecule has 3 saturated heterocycles. The largest absolute Gasteiger partial charge is 0.374 e. The van der Waals surface area contributed by atoms with Crippen molar-refractivity contribution in [3.63, 3.8) is 0 Å². The van der Waals surface area contributed by atoms with Gasteiger partial charge in [0.05, 0.1) is 23.0 Å². The number of nitrogen functional groups attached to an aromatic ring is 1. The van der Waals surface area contributed by atoms with E-state index in [-0.39, 0.29) is 46.0 Å². The molecule has 0 spiro atoms. The van der Waals surface area contributed by atoms with E-state index in [0.717, 1.165) is 31.7 Å². The number of hydrogen-bond acceptors (Lipinski definition) is 6. The molecule has 4 fully saturated rings. The van der Waals surface area contributed by atoms with Gasteiger partial charge < -0.3 is 15.4 Å². The van der Waals surface area contributed by atoms with Crippen molar-refractivity contribution in [2.75, 3.05) is 18.9 Å². The molecular weight excluding hydrogens is 418 g/mol.